The molecule has 1 saturated carbocycles. The molecule has 0 saturated heterocycles. The SMILES string of the molecule is ClC1CCC(CCc2ccc3c(c2)CCO3)C1. The van der Waals surface area contributed by atoms with Crippen LogP contribution in [-0.2, 0) is 12.8 Å². The van der Waals surface area contributed by atoms with Crippen molar-refractivity contribution in [2.75, 3.05) is 6.61 Å². The summed E-state index contributed by atoms with van der Waals surface area (Å²) in [5.41, 5.74) is 2.86. The Labute approximate surface area is 108 Å². The maximum Gasteiger partial charge on any atom is 0.122 e. The Morgan fingerprint density at radius 1 is 1.29 bits per heavy atom. The van der Waals surface area contributed by atoms with Gasteiger partial charge in [0.1, 0.15) is 5.75 Å². The topological polar surface area (TPSA) is 9.23 Å². The van der Waals surface area contributed by atoms with E-state index in [0.717, 1.165) is 24.7 Å². The molecule has 0 radical (unpaired) electrons. The second kappa shape index (κ2) is 4.89. The third-order valence-corrected chi connectivity index (χ3v) is 4.47. The Balaban J connectivity index is 1.58. The molecule has 1 aromatic carbocycles. The van der Waals surface area contributed by atoms with Crippen LogP contribution in [0.1, 0.15) is 36.8 Å². The lowest BCUT2D eigenvalue weighted by Gasteiger charge is -2.09. The summed E-state index contributed by atoms with van der Waals surface area (Å²) < 4.78 is 5.53. The maximum absolute atomic E-state index is 6.15. The van der Waals surface area contributed by atoms with Gasteiger partial charge in [-0.1, -0.05) is 12.1 Å². The summed E-state index contributed by atoms with van der Waals surface area (Å²) in [6, 6.07) is 6.68. The minimum absolute atomic E-state index is 0.438. The van der Waals surface area contributed by atoms with Crippen molar-refractivity contribution in [1.82, 2.24) is 0 Å². The van der Waals surface area contributed by atoms with Crippen LogP contribution in [-0.4, -0.2) is 12.0 Å². The summed E-state index contributed by atoms with van der Waals surface area (Å²) in [6.07, 6.45) is 7.32. The maximum atomic E-state index is 6.15. The summed E-state index contributed by atoms with van der Waals surface area (Å²) in [7, 11) is 0. The van der Waals surface area contributed by atoms with E-state index in [4.69, 9.17) is 16.3 Å². The van der Waals surface area contributed by atoms with E-state index in [1.807, 2.05) is 0 Å². The van der Waals surface area contributed by atoms with E-state index in [-0.39, 0.29) is 0 Å². The average molecular weight is 251 g/mol. The minimum atomic E-state index is 0.438. The van der Waals surface area contributed by atoms with Crippen LogP contribution in [0.2, 0.25) is 0 Å². The third-order valence-electron chi connectivity index (χ3n) is 4.07. The van der Waals surface area contributed by atoms with Gasteiger partial charge in [0.05, 0.1) is 6.61 Å². The molecule has 0 amide bonds. The number of halogens is 1. The van der Waals surface area contributed by atoms with Crippen molar-refractivity contribution in [3.63, 3.8) is 0 Å². The second-order valence-electron chi connectivity index (χ2n) is 5.36. The largest absolute Gasteiger partial charge is 0.493 e. The Morgan fingerprint density at radius 3 is 3.06 bits per heavy atom. The van der Waals surface area contributed by atoms with Gasteiger partial charge in [-0.05, 0) is 55.2 Å². The molecule has 1 aliphatic heterocycles. The molecule has 0 spiro atoms. The highest BCUT2D eigenvalue weighted by Crippen LogP contribution is 2.33. The van der Waals surface area contributed by atoms with Crippen LogP contribution in [0.25, 0.3) is 0 Å². The molecule has 1 fully saturated rings. The lowest BCUT2D eigenvalue weighted by Crippen LogP contribution is -1.98. The van der Waals surface area contributed by atoms with Crippen LogP contribution in [0, 0.1) is 5.92 Å². The van der Waals surface area contributed by atoms with Crippen LogP contribution in [0.3, 0.4) is 0 Å². The van der Waals surface area contributed by atoms with E-state index in [1.54, 1.807) is 0 Å². The van der Waals surface area contributed by atoms with Gasteiger partial charge < -0.3 is 4.74 Å². The fourth-order valence-electron chi connectivity index (χ4n) is 3.04. The first-order chi connectivity index (χ1) is 8.31. The molecule has 2 atom stereocenters. The van der Waals surface area contributed by atoms with Crippen molar-refractivity contribution in [2.24, 2.45) is 5.92 Å². The van der Waals surface area contributed by atoms with E-state index in [9.17, 15) is 0 Å². The van der Waals surface area contributed by atoms with Gasteiger partial charge >= 0.3 is 0 Å². The number of ether oxygens (including phenoxy) is 1. The molecule has 17 heavy (non-hydrogen) atoms. The fourth-order valence-corrected chi connectivity index (χ4v) is 3.42. The van der Waals surface area contributed by atoms with Crippen LogP contribution in [0.5, 0.6) is 5.75 Å². The highest BCUT2D eigenvalue weighted by Gasteiger charge is 2.22. The fraction of sp³-hybridized carbons (Fsp3) is 0.600. The monoisotopic (exact) mass is 250 g/mol. The molecule has 0 N–H and O–H groups in total. The van der Waals surface area contributed by atoms with E-state index in [1.165, 1.54) is 43.2 Å². The number of hydrogen-bond donors (Lipinski definition) is 0. The van der Waals surface area contributed by atoms with Crippen molar-refractivity contribution >= 4 is 11.6 Å². The van der Waals surface area contributed by atoms with Gasteiger partial charge in [0.25, 0.3) is 0 Å². The smallest absolute Gasteiger partial charge is 0.122 e. The number of fused-ring (bicyclic) bond motifs is 1. The Kier molecular flexibility index (Phi) is 3.28. The molecule has 92 valence electrons. The van der Waals surface area contributed by atoms with Gasteiger partial charge in [-0.3, -0.25) is 0 Å². The Hall–Kier alpha value is -0.690. The predicted octanol–water partition coefficient (Wildman–Crippen LogP) is 3.96. The van der Waals surface area contributed by atoms with Gasteiger partial charge in [-0.25, -0.2) is 0 Å². The lowest BCUT2D eigenvalue weighted by atomic mass is 9.97. The first kappa shape index (κ1) is 11.4. The predicted molar refractivity (Wildman–Crippen MR) is 70.9 cm³/mol. The highest BCUT2D eigenvalue weighted by atomic mass is 35.5. The zero-order valence-corrected chi connectivity index (χ0v) is 10.9. The molecular formula is C15H19ClO. The average Bonchev–Trinajstić information content (AvgIpc) is 2.94. The lowest BCUT2D eigenvalue weighted by molar-refractivity contribution is 0.357. The van der Waals surface area contributed by atoms with E-state index >= 15 is 0 Å². The van der Waals surface area contributed by atoms with Crippen LogP contribution < -0.4 is 4.74 Å². The van der Waals surface area contributed by atoms with Gasteiger partial charge in [-0.15, -0.1) is 11.6 Å². The molecule has 3 rings (SSSR count). The molecule has 0 bridgehead atoms. The summed E-state index contributed by atoms with van der Waals surface area (Å²) in [6.45, 7) is 0.856. The van der Waals surface area contributed by atoms with Crippen molar-refractivity contribution in [3.8, 4) is 5.75 Å². The van der Waals surface area contributed by atoms with Gasteiger partial charge in [-0.2, -0.15) is 0 Å². The van der Waals surface area contributed by atoms with E-state index < -0.39 is 0 Å². The molecular weight excluding hydrogens is 232 g/mol. The Bertz CT molecular complexity index is 402. The standard InChI is InChI=1S/C15H19ClO/c16-14-5-3-12(10-14)2-1-11-4-6-15-13(9-11)7-8-17-15/h4,6,9,12,14H,1-3,5,7-8,10H2. The quantitative estimate of drug-likeness (QED) is 0.738. The van der Waals surface area contributed by atoms with Crippen molar-refractivity contribution in [1.29, 1.82) is 0 Å². The first-order valence-electron chi connectivity index (χ1n) is 6.70. The zero-order chi connectivity index (χ0) is 11.7. The van der Waals surface area contributed by atoms with Gasteiger partial charge in [0.2, 0.25) is 0 Å². The summed E-state index contributed by atoms with van der Waals surface area (Å²) in [5, 5.41) is 0.438. The Morgan fingerprint density at radius 2 is 2.24 bits per heavy atom. The normalized spacial score (nSPS) is 26.9. The molecule has 2 unspecified atom stereocenters. The summed E-state index contributed by atoms with van der Waals surface area (Å²) >= 11 is 6.15. The van der Waals surface area contributed by atoms with Crippen molar-refractivity contribution in [2.45, 2.75) is 43.9 Å². The van der Waals surface area contributed by atoms with Gasteiger partial charge in [0, 0.05) is 11.8 Å². The molecule has 2 heteroatoms. The number of hydrogen-bond acceptors (Lipinski definition) is 1. The van der Waals surface area contributed by atoms with Crippen LogP contribution in [0.4, 0.5) is 0 Å². The number of rotatable bonds is 3. The number of aryl methyl sites for hydroxylation is 1. The molecule has 0 aromatic heterocycles. The van der Waals surface area contributed by atoms with Crippen molar-refractivity contribution < 1.29 is 4.74 Å². The van der Waals surface area contributed by atoms with E-state index in [2.05, 4.69) is 18.2 Å². The van der Waals surface area contributed by atoms with Crippen LogP contribution >= 0.6 is 11.6 Å². The third kappa shape index (κ3) is 2.60. The van der Waals surface area contributed by atoms with Crippen molar-refractivity contribution in [3.05, 3.63) is 29.3 Å². The molecule has 1 heterocycles. The summed E-state index contributed by atoms with van der Waals surface area (Å²) in [4.78, 5) is 0. The molecule has 1 aliphatic carbocycles. The van der Waals surface area contributed by atoms with E-state index in [0.29, 0.717) is 5.38 Å². The minimum Gasteiger partial charge on any atom is -0.493 e. The summed E-state index contributed by atoms with van der Waals surface area (Å²) in [5.74, 6) is 1.94. The number of benzene rings is 1. The number of alkyl halides is 1. The molecule has 2 aliphatic rings. The second-order valence-corrected chi connectivity index (χ2v) is 5.97. The molecule has 1 aromatic rings. The van der Waals surface area contributed by atoms with Gasteiger partial charge in [0.15, 0.2) is 0 Å². The molecule has 1 nitrogen and oxygen atoms in total. The van der Waals surface area contributed by atoms with Crippen LogP contribution in [0.15, 0.2) is 18.2 Å². The first-order valence-corrected chi connectivity index (χ1v) is 7.13. The highest BCUT2D eigenvalue weighted by molar-refractivity contribution is 6.20. The zero-order valence-electron chi connectivity index (χ0n) is 10.1.